The van der Waals surface area contributed by atoms with Gasteiger partial charge in [0.15, 0.2) is 0 Å². The van der Waals surface area contributed by atoms with Crippen LogP contribution in [0.15, 0.2) is 30.5 Å². The first-order valence-corrected chi connectivity index (χ1v) is 12.2. The van der Waals surface area contributed by atoms with E-state index in [1.807, 2.05) is 24.4 Å². The third-order valence-corrected chi connectivity index (χ3v) is 7.62. The summed E-state index contributed by atoms with van der Waals surface area (Å²) in [6.07, 6.45) is 8.48. The number of nitrogens with zero attached hydrogens (tertiary/aromatic N) is 2. The number of urea groups is 1. The molecule has 3 N–H and O–H groups in total. The number of benzene rings is 1. The number of aromatic amines is 1. The number of carbonyl (C=O) groups is 3. The number of imide groups is 1. The van der Waals surface area contributed by atoms with Gasteiger partial charge in [-0.25, -0.2) is 4.79 Å². The van der Waals surface area contributed by atoms with Crippen molar-refractivity contribution in [3.05, 3.63) is 36.0 Å². The normalized spacial score (nSPS) is 25.7. The summed E-state index contributed by atoms with van der Waals surface area (Å²) in [4.78, 5) is 43.9. The van der Waals surface area contributed by atoms with Gasteiger partial charge >= 0.3 is 6.03 Å². The van der Waals surface area contributed by atoms with Gasteiger partial charge in [0.1, 0.15) is 6.04 Å². The van der Waals surface area contributed by atoms with E-state index in [2.05, 4.69) is 31.5 Å². The summed E-state index contributed by atoms with van der Waals surface area (Å²) < 4.78 is 0. The second-order valence-electron chi connectivity index (χ2n) is 9.99. The minimum absolute atomic E-state index is 0.208. The lowest BCUT2D eigenvalue weighted by molar-refractivity contribution is -0.130. The molecule has 0 radical (unpaired) electrons. The minimum atomic E-state index is -0.381. The number of likely N-dealkylation sites (tertiary alicyclic amines) is 2. The van der Waals surface area contributed by atoms with Crippen LogP contribution < -0.4 is 10.6 Å². The molecule has 2 unspecified atom stereocenters. The molecule has 176 valence electrons. The molecule has 0 aliphatic carbocycles. The Balaban J connectivity index is 1.10. The van der Waals surface area contributed by atoms with Crippen molar-refractivity contribution in [3.8, 4) is 0 Å². The number of unbranched alkanes of at least 4 members (excludes halogenated alkanes) is 1. The lowest BCUT2D eigenvalue weighted by atomic mass is 9.79. The van der Waals surface area contributed by atoms with Crippen LogP contribution >= 0.6 is 0 Å². The van der Waals surface area contributed by atoms with Crippen LogP contribution in [-0.2, 0) is 16.0 Å². The molecule has 3 aliphatic heterocycles. The maximum absolute atomic E-state index is 13.1. The highest BCUT2D eigenvalue weighted by atomic mass is 16.2. The van der Waals surface area contributed by atoms with E-state index in [0.717, 1.165) is 68.5 Å². The zero-order chi connectivity index (χ0) is 22.8. The molecule has 1 aromatic carbocycles. The number of rotatable bonds is 7. The van der Waals surface area contributed by atoms with E-state index in [9.17, 15) is 14.4 Å². The van der Waals surface area contributed by atoms with Gasteiger partial charge < -0.3 is 20.1 Å². The summed E-state index contributed by atoms with van der Waals surface area (Å²) in [5.74, 6) is 0.0194. The first-order chi connectivity index (χ1) is 16.0. The van der Waals surface area contributed by atoms with E-state index >= 15 is 0 Å². The molecule has 2 atom stereocenters. The number of piperidine rings is 1. The third-order valence-electron chi connectivity index (χ3n) is 7.62. The Morgan fingerprint density at radius 2 is 1.97 bits per heavy atom. The van der Waals surface area contributed by atoms with Crippen molar-refractivity contribution in [1.29, 1.82) is 0 Å². The van der Waals surface area contributed by atoms with Gasteiger partial charge in [-0.05, 0) is 63.2 Å². The largest absolute Gasteiger partial charge is 0.361 e. The average Bonchev–Trinajstić information content (AvgIpc) is 3.49. The summed E-state index contributed by atoms with van der Waals surface area (Å²) in [6.45, 7) is 4.87. The molecule has 0 bridgehead atoms. The van der Waals surface area contributed by atoms with E-state index in [1.54, 1.807) is 0 Å². The zero-order valence-corrected chi connectivity index (χ0v) is 19.1. The highest BCUT2D eigenvalue weighted by Gasteiger charge is 2.42. The molecule has 3 aliphatic rings. The van der Waals surface area contributed by atoms with Crippen LogP contribution in [0.5, 0.6) is 0 Å². The van der Waals surface area contributed by atoms with Gasteiger partial charge in [0.25, 0.3) is 5.91 Å². The van der Waals surface area contributed by atoms with Gasteiger partial charge in [-0.15, -0.1) is 0 Å². The monoisotopic (exact) mass is 451 g/mol. The SMILES string of the molecule is O=C1NC(=O)C(CCCCN2CCCC3(CCN(C(=O)Cc4c[nH]c5ccccc45)C3)C2)N1. The summed E-state index contributed by atoms with van der Waals surface area (Å²) in [5, 5.41) is 6.10. The Morgan fingerprint density at radius 1 is 1.09 bits per heavy atom. The topological polar surface area (TPSA) is 97.5 Å². The molecule has 2 aromatic rings. The predicted octanol–water partition coefficient (Wildman–Crippen LogP) is 2.40. The molecule has 8 heteroatoms. The van der Waals surface area contributed by atoms with Crippen LogP contribution in [0.3, 0.4) is 0 Å². The predicted molar refractivity (Wildman–Crippen MR) is 126 cm³/mol. The van der Waals surface area contributed by atoms with Crippen LogP contribution in [0, 0.1) is 5.41 Å². The van der Waals surface area contributed by atoms with Crippen molar-refractivity contribution in [2.75, 3.05) is 32.7 Å². The fourth-order valence-electron chi connectivity index (χ4n) is 5.88. The highest BCUT2D eigenvalue weighted by Crippen LogP contribution is 2.39. The first kappa shape index (κ1) is 21.9. The van der Waals surface area contributed by atoms with E-state index in [1.165, 1.54) is 12.8 Å². The van der Waals surface area contributed by atoms with E-state index in [-0.39, 0.29) is 29.3 Å². The Morgan fingerprint density at radius 3 is 2.82 bits per heavy atom. The van der Waals surface area contributed by atoms with Crippen LogP contribution in [0.1, 0.15) is 44.1 Å². The summed E-state index contributed by atoms with van der Waals surface area (Å²) in [6, 6.07) is 7.39. The fourth-order valence-corrected chi connectivity index (χ4v) is 5.88. The van der Waals surface area contributed by atoms with Crippen LogP contribution in [0.4, 0.5) is 4.79 Å². The van der Waals surface area contributed by atoms with Crippen molar-refractivity contribution >= 4 is 28.7 Å². The van der Waals surface area contributed by atoms with E-state index in [0.29, 0.717) is 12.8 Å². The van der Waals surface area contributed by atoms with Gasteiger partial charge in [0, 0.05) is 42.1 Å². The van der Waals surface area contributed by atoms with Crippen LogP contribution in [-0.4, -0.2) is 71.4 Å². The lowest BCUT2D eigenvalue weighted by Crippen LogP contribution is -2.45. The molecule has 1 spiro atoms. The van der Waals surface area contributed by atoms with Crippen molar-refractivity contribution in [2.45, 2.75) is 51.0 Å². The van der Waals surface area contributed by atoms with Gasteiger partial charge in [-0.1, -0.05) is 18.2 Å². The molecule has 3 saturated heterocycles. The standard InChI is InChI=1S/C25H33N5O3/c31-22(14-18-15-26-20-7-2-1-6-19(18)20)30-13-10-25(17-30)9-5-12-29(16-25)11-4-3-8-21-23(32)28-24(33)27-21/h1-2,6-7,15,21,26H,3-5,8-14,16-17H2,(H2,27,28,32,33). The molecular weight excluding hydrogens is 418 g/mol. The molecule has 5 rings (SSSR count). The molecular formula is C25H33N5O3. The first-order valence-electron chi connectivity index (χ1n) is 12.2. The van der Waals surface area contributed by atoms with E-state index in [4.69, 9.17) is 0 Å². The van der Waals surface area contributed by atoms with Gasteiger partial charge in [0.2, 0.25) is 5.91 Å². The maximum atomic E-state index is 13.1. The number of hydrogen-bond donors (Lipinski definition) is 3. The second kappa shape index (κ2) is 9.17. The molecule has 33 heavy (non-hydrogen) atoms. The number of hydrogen-bond acceptors (Lipinski definition) is 4. The van der Waals surface area contributed by atoms with Gasteiger partial charge in [-0.3, -0.25) is 14.9 Å². The lowest BCUT2D eigenvalue weighted by Gasteiger charge is -2.40. The van der Waals surface area contributed by atoms with E-state index < -0.39 is 0 Å². The number of fused-ring (bicyclic) bond motifs is 1. The molecule has 1 aromatic heterocycles. The van der Waals surface area contributed by atoms with Gasteiger partial charge in [-0.2, -0.15) is 0 Å². The van der Waals surface area contributed by atoms with Crippen molar-refractivity contribution in [1.82, 2.24) is 25.4 Å². The Kier molecular flexibility index (Phi) is 6.10. The molecule has 8 nitrogen and oxygen atoms in total. The van der Waals surface area contributed by atoms with Gasteiger partial charge in [0.05, 0.1) is 6.42 Å². The van der Waals surface area contributed by atoms with Crippen molar-refractivity contribution < 1.29 is 14.4 Å². The summed E-state index contributed by atoms with van der Waals surface area (Å²) in [7, 11) is 0. The number of amides is 4. The summed E-state index contributed by atoms with van der Waals surface area (Å²) in [5.41, 5.74) is 2.37. The van der Waals surface area contributed by atoms with Crippen molar-refractivity contribution in [3.63, 3.8) is 0 Å². The molecule has 4 amide bonds. The quantitative estimate of drug-likeness (QED) is 0.445. The van der Waals surface area contributed by atoms with Crippen molar-refractivity contribution in [2.24, 2.45) is 5.41 Å². The number of carbonyl (C=O) groups excluding carboxylic acids is 3. The number of H-pyrrole nitrogens is 1. The Hall–Kier alpha value is -2.87. The third kappa shape index (κ3) is 4.76. The Labute approximate surface area is 194 Å². The molecule has 4 heterocycles. The number of aromatic nitrogens is 1. The molecule has 3 fully saturated rings. The fraction of sp³-hybridized carbons (Fsp3) is 0.560. The zero-order valence-electron chi connectivity index (χ0n) is 19.1. The van der Waals surface area contributed by atoms with Crippen LogP contribution in [0.25, 0.3) is 10.9 Å². The van der Waals surface area contributed by atoms with Crippen LogP contribution in [0.2, 0.25) is 0 Å². The number of para-hydroxylation sites is 1. The molecule has 0 saturated carbocycles. The average molecular weight is 452 g/mol. The maximum Gasteiger partial charge on any atom is 0.322 e. The minimum Gasteiger partial charge on any atom is -0.361 e. The second-order valence-corrected chi connectivity index (χ2v) is 9.99. The Bertz CT molecular complexity index is 1050. The number of nitrogens with one attached hydrogen (secondary N) is 3. The highest BCUT2D eigenvalue weighted by molar-refractivity contribution is 6.04. The summed E-state index contributed by atoms with van der Waals surface area (Å²) >= 11 is 0. The smallest absolute Gasteiger partial charge is 0.322 e.